The molecule has 2 aliphatic rings. The van der Waals surface area contributed by atoms with Crippen molar-refractivity contribution in [3.8, 4) is 0 Å². The van der Waals surface area contributed by atoms with E-state index in [4.69, 9.17) is 0 Å². The zero-order chi connectivity index (χ0) is 17.6. The molecule has 1 aromatic rings. The Hall–Kier alpha value is -1.59. The number of nitrogens with one attached hydrogen (secondary N) is 3. The van der Waals surface area contributed by atoms with Gasteiger partial charge in [-0.2, -0.15) is 0 Å². The van der Waals surface area contributed by atoms with Crippen molar-refractivity contribution in [3.63, 3.8) is 0 Å². The second-order valence-corrected chi connectivity index (χ2v) is 7.46. The minimum atomic E-state index is -0.0625. The van der Waals surface area contributed by atoms with E-state index in [-0.39, 0.29) is 36.2 Å². The first-order chi connectivity index (χ1) is 12.1. The molecule has 144 valence electrons. The van der Waals surface area contributed by atoms with E-state index in [2.05, 4.69) is 22.9 Å². The number of carbonyl (C=O) groups excluding carboxylic acids is 2. The van der Waals surface area contributed by atoms with Gasteiger partial charge in [0.15, 0.2) is 0 Å². The quantitative estimate of drug-likeness (QED) is 0.751. The van der Waals surface area contributed by atoms with E-state index in [0.717, 1.165) is 45.2 Å². The van der Waals surface area contributed by atoms with Crippen LogP contribution in [0, 0.1) is 11.8 Å². The third-order valence-corrected chi connectivity index (χ3v) is 5.47. The summed E-state index contributed by atoms with van der Waals surface area (Å²) in [5, 5.41) is 9.47. The zero-order valence-corrected chi connectivity index (χ0v) is 16.2. The van der Waals surface area contributed by atoms with Crippen molar-refractivity contribution < 1.29 is 9.59 Å². The topological polar surface area (TPSA) is 70.2 Å². The Morgan fingerprint density at radius 1 is 1.12 bits per heavy atom. The largest absolute Gasteiger partial charge is 0.349 e. The van der Waals surface area contributed by atoms with Crippen LogP contribution in [-0.2, 0) is 4.79 Å². The van der Waals surface area contributed by atoms with Gasteiger partial charge in [-0.3, -0.25) is 9.59 Å². The van der Waals surface area contributed by atoms with Crippen LogP contribution >= 0.6 is 12.4 Å². The molecule has 0 spiro atoms. The zero-order valence-electron chi connectivity index (χ0n) is 15.4. The monoisotopic (exact) mass is 379 g/mol. The van der Waals surface area contributed by atoms with Crippen molar-refractivity contribution in [1.29, 1.82) is 0 Å². The summed E-state index contributed by atoms with van der Waals surface area (Å²) in [7, 11) is 0. The van der Waals surface area contributed by atoms with Crippen LogP contribution in [0.1, 0.15) is 55.8 Å². The standard InChI is InChI=1S/C20H29N3O2.ClH/c1-14-13-21-11-10-18(14)23-20(25)16-8-5-9-17(12-16)22-19(24)15-6-3-2-4-7-15;/h5,8-9,12,14-15,18,21H,2-4,6-7,10-11,13H2,1H3,(H,22,24)(H,23,25);1H. The first-order valence-corrected chi connectivity index (χ1v) is 9.56. The molecule has 0 bridgehead atoms. The van der Waals surface area contributed by atoms with E-state index in [0.29, 0.717) is 17.2 Å². The third kappa shape index (κ3) is 5.45. The lowest BCUT2D eigenvalue weighted by atomic mass is 9.88. The molecule has 1 saturated carbocycles. The van der Waals surface area contributed by atoms with Gasteiger partial charge < -0.3 is 16.0 Å². The summed E-state index contributed by atoms with van der Waals surface area (Å²) in [6, 6.07) is 7.47. The molecule has 1 aliphatic heterocycles. The maximum absolute atomic E-state index is 12.6. The number of rotatable bonds is 4. The Morgan fingerprint density at radius 2 is 1.88 bits per heavy atom. The van der Waals surface area contributed by atoms with Crippen LogP contribution in [-0.4, -0.2) is 30.9 Å². The number of piperidine rings is 1. The molecular formula is C20H30ClN3O2. The van der Waals surface area contributed by atoms with Crippen LogP contribution in [0.4, 0.5) is 5.69 Å². The summed E-state index contributed by atoms with van der Waals surface area (Å²) in [5.74, 6) is 0.561. The maximum atomic E-state index is 12.6. The highest BCUT2D eigenvalue weighted by Crippen LogP contribution is 2.25. The summed E-state index contributed by atoms with van der Waals surface area (Å²) in [5.41, 5.74) is 1.31. The van der Waals surface area contributed by atoms with E-state index >= 15 is 0 Å². The minimum Gasteiger partial charge on any atom is -0.349 e. The van der Waals surface area contributed by atoms with Crippen LogP contribution in [0.25, 0.3) is 0 Å². The lowest BCUT2D eigenvalue weighted by molar-refractivity contribution is -0.120. The maximum Gasteiger partial charge on any atom is 0.251 e. The number of hydrogen-bond donors (Lipinski definition) is 3. The van der Waals surface area contributed by atoms with Gasteiger partial charge in [0.2, 0.25) is 5.91 Å². The second kappa shape index (κ2) is 9.93. The van der Waals surface area contributed by atoms with Gasteiger partial charge in [0.25, 0.3) is 5.91 Å². The van der Waals surface area contributed by atoms with Gasteiger partial charge >= 0.3 is 0 Å². The van der Waals surface area contributed by atoms with Gasteiger partial charge in [-0.05, 0) is 56.5 Å². The van der Waals surface area contributed by atoms with Crippen molar-refractivity contribution in [2.75, 3.05) is 18.4 Å². The molecule has 5 nitrogen and oxygen atoms in total. The summed E-state index contributed by atoms with van der Waals surface area (Å²) < 4.78 is 0. The van der Waals surface area contributed by atoms with E-state index in [1.54, 1.807) is 12.1 Å². The molecule has 26 heavy (non-hydrogen) atoms. The van der Waals surface area contributed by atoms with Gasteiger partial charge in [-0.15, -0.1) is 12.4 Å². The second-order valence-electron chi connectivity index (χ2n) is 7.46. The highest BCUT2D eigenvalue weighted by Gasteiger charge is 2.24. The summed E-state index contributed by atoms with van der Waals surface area (Å²) >= 11 is 0. The molecule has 2 fully saturated rings. The van der Waals surface area contributed by atoms with Crippen molar-refractivity contribution in [2.45, 2.75) is 51.5 Å². The number of carbonyl (C=O) groups is 2. The molecule has 6 heteroatoms. The number of benzene rings is 1. The van der Waals surface area contributed by atoms with Crippen molar-refractivity contribution in [3.05, 3.63) is 29.8 Å². The van der Waals surface area contributed by atoms with E-state index < -0.39 is 0 Å². The van der Waals surface area contributed by atoms with Gasteiger partial charge in [-0.25, -0.2) is 0 Å². The fourth-order valence-electron chi connectivity index (χ4n) is 3.83. The molecule has 1 saturated heterocycles. The van der Waals surface area contributed by atoms with Gasteiger partial charge in [0.1, 0.15) is 0 Å². The highest BCUT2D eigenvalue weighted by molar-refractivity contribution is 5.97. The average molecular weight is 380 g/mol. The van der Waals surface area contributed by atoms with Crippen molar-refractivity contribution in [2.24, 2.45) is 11.8 Å². The average Bonchev–Trinajstić information content (AvgIpc) is 2.64. The predicted octanol–water partition coefficient (Wildman–Crippen LogP) is 3.36. The van der Waals surface area contributed by atoms with Crippen LogP contribution in [0.15, 0.2) is 24.3 Å². The number of amides is 2. The fourth-order valence-corrected chi connectivity index (χ4v) is 3.83. The lowest BCUT2D eigenvalue weighted by Crippen LogP contribution is -2.48. The predicted molar refractivity (Wildman–Crippen MR) is 107 cm³/mol. The fraction of sp³-hybridized carbons (Fsp3) is 0.600. The summed E-state index contributed by atoms with van der Waals surface area (Å²) in [6.45, 7) is 4.02. The summed E-state index contributed by atoms with van der Waals surface area (Å²) in [4.78, 5) is 24.9. The Morgan fingerprint density at radius 3 is 2.62 bits per heavy atom. The van der Waals surface area contributed by atoms with Gasteiger partial charge in [0.05, 0.1) is 0 Å². The Bertz CT molecular complexity index is 617. The van der Waals surface area contributed by atoms with Crippen LogP contribution in [0.5, 0.6) is 0 Å². The highest BCUT2D eigenvalue weighted by atomic mass is 35.5. The Kier molecular flexibility index (Phi) is 7.91. The molecule has 0 radical (unpaired) electrons. The van der Waals surface area contributed by atoms with Crippen LogP contribution in [0.3, 0.4) is 0 Å². The first-order valence-electron chi connectivity index (χ1n) is 9.56. The third-order valence-electron chi connectivity index (χ3n) is 5.47. The molecule has 1 aromatic carbocycles. The smallest absolute Gasteiger partial charge is 0.251 e. The number of halogens is 1. The molecule has 3 N–H and O–H groups in total. The molecule has 1 aliphatic carbocycles. The van der Waals surface area contributed by atoms with Crippen molar-refractivity contribution >= 4 is 29.9 Å². The molecule has 2 amide bonds. The molecule has 2 atom stereocenters. The lowest BCUT2D eigenvalue weighted by Gasteiger charge is -2.30. The molecule has 1 heterocycles. The van der Waals surface area contributed by atoms with E-state index in [1.165, 1.54) is 6.42 Å². The van der Waals surface area contributed by atoms with E-state index in [9.17, 15) is 9.59 Å². The summed E-state index contributed by atoms with van der Waals surface area (Å²) in [6.07, 6.45) is 6.39. The Balaban J connectivity index is 0.00000243. The first kappa shape index (κ1) is 20.7. The van der Waals surface area contributed by atoms with Crippen LogP contribution in [0.2, 0.25) is 0 Å². The molecule has 2 unspecified atom stereocenters. The normalized spacial score (nSPS) is 23.6. The molecular weight excluding hydrogens is 350 g/mol. The van der Waals surface area contributed by atoms with Gasteiger partial charge in [-0.1, -0.05) is 32.3 Å². The number of hydrogen-bond acceptors (Lipinski definition) is 3. The molecule has 0 aromatic heterocycles. The number of anilines is 1. The van der Waals surface area contributed by atoms with Crippen LogP contribution < -0.4 is 16.0 Å². The Labute approximate surface area is 162 Å². The van der Waals surface area contributed by atoms with Gasteiger partial charge in [0, 0.05) is 23.2 Å². The van der Waals surface area contributed by atoms with Crippen molar-refractivity contribution in [1.82, 2.24) is 10.6 Å². The molecule has 3 rings (SSSR count). The van der Waals surface area contributed by atoms with E-state index in [1.807, 2.05) is 12.1 Å². The minimum absolute atomic E-state index is 0. The SMILES string of the molecule is CC1CNCCC1NC(=O)c1cccc(NC(=O)C2CCCCC2)c1.Cl.